The van der Waals surface area contributed by atoms with Crippen LogP contribution in [0.4, 0.5) is 4.39 Å². The van der Waals surface area contributed by atoms with Crippen molar-refractivity contribution in [2.45, 2.75) is 31.5 Å². The average molecular weight is 506 g/mol. The number of hydrogen-bond donors (Lipinski definition) is 3. The summed E-state index contributed by atoms with van der Waals surface area (Å²) in [5.41, 5.74) is 1.70. The first-order valence-corrected chi connectivity index (χ1v) is 13.6. The Morgan fingerprint density at radius 3 is 2.82 bits per heavy atom. The van der Waals surface area contributed by atoms with Crippen molar-refractivity contribution in [3.05, 3.63) is 51.4 Å². The molecule has 2 unspecified atom stereocenters. The van der Waals surface area contributed by atoms with E-state index in [-0.39, 0.29) is 29.5 Å². The van der Waals surface area contributed by atoms with Crippen molar-refractivity contribution >= 4 is 43.9 Å². The van der Waals surface area contributed by atoms with Gasteiger partial charge in [-0.15, -0.1) is 11.3 Å². The van der Waals surface area contributed by atoms with Gasteiger partial charge in [-0.2, -0.15) is 0 Å². The third-order valence-corrected chi connectivity index (χ3v) is 9.04. The zero-order valence-corrected chi connectivity index (χ0v) is 20.1. The molecule has 0 aliphatic carbocycles. The standard InChI is InChI=1S/C22H24FN5O4S2/c1-28-6-4-16-19(10-28)33-22(27-16)21(30)25-15-5-7-34(31,32)11-18(15)26-20(29)17-9-12-8-13(23)2-3-14(12)24-17/h2-3,8-9,15,18,24H,4-7,10-11H2,1H3,(H,25,30)(H,26,29). The molecule has 5 rings (SSSR count). The number of nitrogens with zero attached hydrogens (tertiary/aromatic N) is 2. The minimum atomic E-state index is -3.38. The second kappa shape index (κ2) is 8.75. The highest BCUT2D eigenvalue weighted by molar-refractivity contribution is 7.91. The molecule has 9 nitrogen and oxygen atoms in total. The number of hydrogen-bond acceptors (Lipinski definition) is 7. The molecule has 2 aliphatic rings. The SMILES string of the molecule is CN1CCc2nc(C(=O)NC3CCS(=O)(=O)CC3NC(=O)c3cc4cc(F)ccc4[nH]3)sc2C1. The van der Waals surface area contributed by atoms with E-state index < -0.39 is 33.6 Å². The van der Waals surface area contributed by atoms with Crippen molar-refractivity contribution in [3.8, 4) is 0 Å². The molecule has 1 saturated heterocycles. The molecule has 2 aromatic heterocycles. The molecule has 3 N–H and O–H groups in total. The number of aromatic nitrogens is 2. The summed E-state index contributed by atoms with van der Waals surface area (Å²) in [6.07, 6.45) is 0.967. The lowest BCUT2D eigenvalue weighted by atomic mass is 10.1. The van der Waals surface area contributed by atoms with E-state index in [2.05, 4.69) is 25.5 Å². The molecule has 2 atom stereocenters. The van der Waals surface area contributed by atoms with Crippen LogP contribution in [0.5, 0.6) is 0 Å². The van der Waals surface area contributed by atoms with E-state index in [1.54, 1.807) is 0 Å². The Labute approximate surface area is 199 Å². The maximum atomic E-state index is 13.5. The van der Waals surface area contributed by atoms with Gasteiger partial charge in [-0.25, -0.2) is 17.8 Å². The number of benzene rings is 1. The molecule has 2 aliphatic heterocycles. The fraction of sp³-hybridized carbons (Fsp3) is 0.409. The highest BCUT2D eigenvalue weighted by atomic mass is 32.2. The molecule has 0 saturated carbocycles. The fourth-order valence-corrected chi connectivity index (χ4v) is 7.15. The van der Waals surface area contributed by atoms with Crippen molar-refractivity contribution in [1.29, 1.82) is 0 Å². The molecule has 0 bridgehead atoms. The van der Waals surface area contributed by atoms with Gasteiger partial charge in [0.25, 0.3) is 11.8 Å². The molecule has 34 heavy (non-hydrogen) atoms. The highest BCUT2D eigenvalue weighted by Gasteiger charge is 2.36. The summed E-state index contributed by atoms with van der Waals surface area (Å²) in [4.78, 5) is 36.5. The van der Waals surface area contributed by atoms with Gasteiger partial charge in [-0.05, 0) is 37.7 Å². The van der Waals surface area contributed by atoms with E-state index in [4.69, 9.17) is 0 Å². The number of sulfone groups is 1. The Bertz CT molecular complexity index is 1380. The fourth-order valence-electron chi connectivity index (χ4n) is 4.42. The van der Waals surface area contributed by atoms with Gasteiger partial charge in [0.1, 0.15) is 11.5 Å². The van der Waals surface area contributed by atoms with Crippen molar-refractivity contribution < 1.29 is 22.4 Å². The lowest BCUT2D eigenvalue weighted by molar-refractivity contribution is 0.0882. The summed E-state index contributed by atoms with van der Waals surface area (Å²) in [5, 5.41) is 6.51. The van der Waals surface area contributed by atoms with E-state index in [1.165, 1.54) is 35.6 Å². The van der Waals surface area contributed by atoms with Crippen molar-refractivity contribution in [1.82, 2.24) is 25.5 Å². The molecule has 0 spiro atoms. The number of H-pyrrole nitrogens is 1. The van der Waals surface area contributed by atoms with Gasteiger partial charge < -0.3 is 20.5 Å². The normalized spacial score (nSPS) is 22.3. The summed E-state index contributed by atoms with van der Waals surface area (Å²) < 4.78 is 38.1. The summed E-state index contributed by atoms with van der Waals surface area (Å²) in [6.45, 7) is 1.63. The predicted molar refractivity (Wildman–Crippen MR) is 126 cm³/mol. The van der Waals surface area contributed by atoms with E-state index in [1.807, 2.05) is 7.05 Å². The van der Waals surface area contributed by atoms with E-state index >= 15 is 0 Å². The monoisotopic (exact) mass is 505 g/mol. The smallest absolute Gasteiger partial charge is 0.280 e. The van der Waals surface area contributed by atoms with Crippen LogP contribution >= 0.6 is 11.3 Å². The minimum Gasteiger partial charge on any atom is -0.351 e. The van der Waals surface area contributed by atoms with Crippen LogP contribution in [0.25, 0.3) is 10.9 Å². The largest absolute Gasteiger partial charge is 0.351 e. The molecule has 180 valence electrons. The number of fused-ring (bicyclic) bond motifs is 2. The zero-order chi connectivity index (χ0) is 24.0. The van der Waals surface area contributed by atoms with Gasteiger partial charge in [0.05, 0.1) is 29.3 Å². The number of thiazole rings is 1. The molecule has 2 amide bonds. The second-order valence-corrected chi connectivity index (χ2v) is 12.2. The van der Waals surface area contributed by atoms with Gasteiger partial charge in [-0.1, -0.05) is 0 Å². The third kappa shape index (κ3) is 4.70. The number of carbonyl (C=O) groups excluding carboxylic acids is 2. The maximum Gasteiger partial charge on any atom is 0.280 e. The van der Waals surface area contributed by atoms with Crippen LogP contribution in [-0.4, -0.2) is 72.3 Å². The first-order chi connectivity index (χ1) is 16.2. The summed E-state index contributed by atoms with van der Waals surface area (Å²) in [6, 6.07) is 4.26. The molecule has 12 heteroatoms. The van der Waals surface area contributed by atoms with E-state index in [9.17, 15) is 22.4 Å². The number of likely N-dealkylation sites (N-methyl/N-ethyl adjacent to an activating group) is 1. The average Bonchev–Trinajstić information content (AvgIpc) is 3.38. The second-order valence-electron chi connectivity index (χ2n) is 8.85. The first-order valence-electron chi connectivity index (χ1n) is 10.9. The molecular formula is C22H24FN5O4S2. The molecule has 1 fully saturated rings. The number of amides is 2. The van der Waals surface area contributed by atoms with Crippen LogP contribution in [-0.2, 0) is 22.8 Å². The van der Waals surface area contributed by atoms with Crippen molar-refractivity contribution in [2.75, 3.05) is 25.1 Å². The highest BCUT2D eigenvalue weighted by Crippen LogP contribution is 2.25. The topological polar surface area (TPSA) is 124 Å². The van der Waals surface area contributed by atoms with Gasteiger partial charge in [0, 0.05) is 35.3 Å². The van der Waals surface area contributed by atoms with Crippen LogP contribution in [0, 0.1) is 5.82 Å². The van der Waals surface area contributed by atoms with Crippen LogP contribution in [0.1, 0.15) is 37.3 Å². The quantitative estimate of drug-likeness (QED) is 0.493. The Morgan fingerprint density at radius 2 is 2.00 bits per heavy atom. The molecule has 1 aromatic carbocycles. The summed E-state index contributed by atoms with van der Waals surface area (Å²) in [5.74, 6) is -1.67. The third-order valence-electron chi connectivity index (χ3n) is 6.24. The van der Waals surface area contributed by atoms with Crippen molar-refractivity contribution in [3.63, 3.8) is 0 Å². The van der Waals surface area contributed by atoms with Crippen molar-refractivity contribution in [2.24, 2.45) is 0 Å². The maximum absolute atomic E-state index is 13.5. The van der Waals surface area contributed by atoms with E-state index in [0.717, 1.165) is 30.1 Å². The number of halogens is 1. The number of aromatic amines is 1. The Balaban J connectivity index is 1.32. The van der Waals surface area contributed by atoms with E-state index in [0.29, 0.717) is 15.9 Å². The predicted octanol–water partition coefficient (Wildman–Crippen LogP) is 1.47. The van der Waals surface area contributed by atoms with Crippen LogP contribution in [0.15, 0.2) is 24.3 Å². The van der Waals surface area contributed by atoms with Crippen LogP contribution < -0.4 is 10.6 Å². The summed E-state index contributed by atoms with van der Waals surface area (Å²) >= 11 is 1.35. The van der Waals surface area contributed by atoms with Gasteiger partial charge >= 0.3 is 0 Å². The molecule has 0 radical (unpaired) electrons. The first kappa shape index (κ1) is 22.9. The minimum absolute atomic E-state index is 0.0743. The lowest BCUT2D eigenvalue weighted by Gasteiger charge is -2.32. The zero-order valence-electron chi connectivity index (χ0n) is 18.4. The Hall–Kier alpha value is -2.83. The molecule has 4 heterocycles. The molecule has 3 aromatic rings. The van der Waals surface area contributed by atoms with Gasteiger partial charge in [0.2, 0.25) is 0 Å². The number of nitrogens with one attached hydrogen (secondary N) is 3. The Morgan fingerprint density at radius 1 is 1.21 bits per heavy atom. The Kier molecular flexibility index (Phi) is 5.90. The number of rotatable bonds is 4. The van der Waals surface area contributed by atoms with Crippen LogP contribution in [0.3, 0.4) is 0 Å². The molecular weight excluding hydrogens is 481 g/mol. The van der Waals surface area contributed by atoms with Gasteiger partial charge in [-0.3, -0.25) is 9.59 Å². The lowest BCUT2D eigenvalue weighted by Crippen LogP contribution is -2.58. The van der Waals surface area contributed by atoms with Gasteiger partial charge in [0.15, 0.2) is 14.8 Å². The number of carbonyl (C=O) groups is 2. The summed E-state index contributed by atoms with van der Waals surface area (Å²) in [7, 11) is -1.36. The van der Waals surface area contributed by atoms with Crippen LogP contribution in [0.2, 0.25) is 0 Å².